The summed E-state index contributed by atoms with van der Waals surface area (Å²) in [6.45, 7) is 8.31. The van der Waals surface area contributed by atoms with Crippen LogP contribution in [0.1, 0.15) is 54.7 Å². The molecule has 2 rings (SSSR count). The van der Waals surface area contributed by atoms with Gasteiger partial charge in [-0.3, -0.25) is 4.79 Å². The summed E-state index contributed by atoms with van der Waals surface area (Å²) in [4.78, 5) is 23.5. The van der Waals surface area contributed by atoms with E-state index in [-0.39, 0.29) is 40.4 Å². The van der Waals surface area contributed by atoms with Crippen LogP contribution in [0.4, 0.5) is 13.2 Å². The van der Waals surface area contributed by atoms with Crippen molar-refractivity contribution in [1.82, 2.24) is 0 Å². The number of halogens is 3. The molecule has 0 aliphatic heterocycles. The molecule has 2 aromatic rings. The Balaban J connectivity index is 2.59. The molecule has 35 heavy (non-hydrogen) atoms. The summed E-state index contributed by atoms with van der Waals surface area (Å²) in [6.07, 6.45) is 0.0791. The van der Waals surface area contributed by atoms with E-state index >= 15 is 0 Å². The molecule has 0 amide bonds. The number of allylic oxidation sites excluding steroid dienone is 2. The molecule has 8 heteroatoms. The molecule has 2 aromatic carbocycles. The van der Waals surface area contributed by atoms with Crippen LogP contribution in [0.3, 0.4) is 0 Å². The van der Waals surface area contributed by atoms with Crippen LogP contribution in [0, 0.1) is 18.2 Å². The number of aliphatic carboxylic acids is 1. The van der Waals surface area contributed by atoms with E-state index in [0.717, 1.165) is 6.07 Å². The number of carboxylic acids is 1. The highest BCUT2D eigenvalue weighted by Crippen LogP contribution is 2.36. The highest BCUT2D eigenvalue weighted by molar-refractivity contribution is 5.99. The van der Waals surface area contributed by atoms with E-state index in [1.807, 2.05) is 20.8 Å². The van der Waals surface area contributed by atoms with Crippen LogP contribution in [0.25, 0.3) is 5.57 Å². The Morgan fingerprint density at radius 3 is 2.20 bits per heavy atom. The summed E-state index contributed by atoms with van der Waals surface area (Å²) in [5, 5.41) is 8.98. The molecule has 0 saturated carbocycles. The first-order valence-electron chi connectivity index (χ1n) is 10.8. The molecule has 0 aliphatic rings. The average molecular weight is 491 g/mol. The lowest BCUT2D eigenvalue weighted by Crippen LogP contribution is -2.20. The maximum atomic E-state index is 14.4. The third kappa shape index (κ3) is 7.21. The smallest absolute Gasteiger partial charge is 0.387 e. The summed E-state index contributed by atoms with van der Waals surface area (Å²) in [7, 11) is 0. The molecule has 0 unspecified atom stereocenters. The Kier molecular flexibility index (Phi) is 8.90. The van der Waals surface area contributed by atoms with E-state index in [1.54, 1.807) is 31.2 Å². The van der Waals surface area contributed by atoms with Crippen LogP contribution in [0.5, 0.6) is 5.75 Å². The maximum Gasteiger partial charge on any atom is 0.387 e. The Bertz CT molecular complexity index is 1140. The zero-order valence-electron chi connectivity index (χ0n) is 20.4. The third-order valence-electron chi connectivity index (χ3n) is 5.39. The Morgan fingerprint density at radius 2 is 1.69 bits per heavy atom. The molecule has 0 fully saturated rings. The van der Waals surface area contributed by atoms with Gasteiger partial charge in [0.15, 0.2) is 12.4 Å². The topological polar surface area (TPSA) is 72.8 Å². The molecule has 188 valence electrons. The molecule has 1 N–H and O–H groups in total. The quantitative estimate of drug-likeness (QED) is 0.231. The minimum atomic E-state index is -3.13. The first kappa shape index (κ1) is 27.7. The normalized spacial score (nSPS) is 12.3. The lowest BCUT2D eigenvalue weighted by Gasteiger charge is -2.20. The van der Waals surface area contributed by atoms with Crippen molar-refractivity contribution in [3.8, 4) is 5.75 Å². The van der Waals surface area contributed by atoms with E-state index in [9.17, 15) is 22.8 Å². The molecule has 0 atom stereocenters. The first-order chi connectivity index (χ1) is 16.2. The molecule has 0 aromatic heterocycles. The highest BCUT2D eigenvalue weighted by atomic mass is 19.3. The molecule has 0 saturated heterocycles. The first-order valence-corrected chi connectivity index (χ1v) is 10.8. The predicted octanol–water partition coefficient (Wildman–Crippen LogP) is 6.60. The van der Waals surface area contributed by atoms with E-state index in [4.69, 9.17) is 9.84 Å². The van der Waals surface area contributed by atoms with E-state index in [2.05, 4.69) is 11.3 Å². The van der Waals surface area contributed by atoms with Crippen LogP contribution in [-0.4, -0.2) is 30.1 Å². The van der Waals surface area contributed by atoms with Gasteiger partial charge in [0.25, 0.3) is 0 Å². The minimum Gasteiger partial charge on any atom is -0.481 e. The fraction of sp³-hybridized carbons (Fsp3) is 0.333. The monoisotopic (exact) mass is 490 g/mol. The standard InChI is InChI=1S/C27H29F3O5/c1-15(24-16(2)21(28)11-12-22(24)34-14-23(31)32)20(17(3)35-26(29)30)13-18-7-9-19(10-8-18)25(33)27(4,5)6/h7-12,26H,3,13-14H2,1-2,4-6H3,(H,31,32)/b20-15-. The fourth-order valence-corrected chi connectivity index (χ4v) is 3.57. The number of hydrogen-bond donors (Lipinski definition) is 1. The summed E-state index contributed by atoms with van der Waals surface area (Å²) < 4.78 is 50.4. The average Bonchev–Trinajstić information content (AvgIpc) is 2.76. The van der Waals surface area contributed by atoms with Crippen LogP contribution in [0.2, 0.25) is 0 Å². The maximum absolute atomic E-state index is 14.4. The van der Waals surface area contributed by atoms with Crippen molar-refractivity contribution in [2.45, 2.75) is 47.7 Å². The van der Waals surface area contributed by atoms with Crippen LogP contribution >= 0.6 is 0 Å². The van der Waals surface area contributed by atoms with Crippen molar-refractivity contribution in [1.29, 1.82) is 0 Å². The Hall–Kier alpha value is -3.55. The molecule has 0 bridgehead atoms. The largest absolute Gasteiger partial charge is 0.481 e. The summed E-state index contributed by atoms with van der Waals surface area (Å²) in [5.41, 5.74) is 1.57. The number of rotatable bonds is 10. The number of Topliss-reactive ketones (excluding diaryl/α,β-unsaturated/α-hetero) is 1. The van der Waals surface area contributed by atoms with E-state index < -0.39 is 30.4 Å². The number of hydrogen-bond acceptors (Lipinski definition) is 4. The second-order valence-electron chi connectivity index (χ2n) is 9.09. The zero-order valence-corrected chi connectivity index (χ0v) is 20.4. The number of benzene rings is 2. The van der Waals surface area contributed by atoms with E-state index in [0.29, 0.717) is 16.7 Å². The van der Waals surface area contributed by atoms with Gasteiger partial charge in [-0.2, -0.15) is 8.78 Å². The van der Waals surface area contributed by atoms with Crippen molar-refractivity contribution in [3.05, 3.63) is 82.4 Å². The van der Waals surface area contributed by atoms with Gasteiger partial charge in [0.1, 0.15) is 17.3 Å². The zero-order chi connectivity index (χ0) is 26.5. The van der Waals surface area contributed by atoms with E-state index in [1.165, 1.54) is 13.0 Å². The van der Waals surface area contributed by atoms with Crippen molar-refractivity contribution in [2.24, 2.45) is 5.41 Å². The third-order valence-corrected chi connectivity index (χ3v) is 5.39. The van der Waals surface area contributed by atoms with Crippen LogP contribution in [0.15, 0.2) is 54.3 Å². The number of carbonyl (C=O) groups is 2. The summed E-state index contributed by atoms with van der Waals surface area (Å²) in [6, 6.07) is 9.12. The number of carbonyl (C=O) groups excluding carboxylic acids is 1. The summed E-state index contributed by atoms with van der Waals surface area (Å²) in [5.74, 6) is -2.09. The molecular formula is C27H29F3O5. The number of ketones is 1. The van der Waals surface area contributed by atoms with Gasteiger partial charge >= 0.3 is 12.6 Å². The SMILES string of the molecule is C=C(OC(F)F)/C(Cc1ccc(C(=O)C(C)(C)C)cc1)=C(/C)c1c(OCC(=O)O)ccc(F)c1C. The van der Waals surface area contributed by atoms with Crippen molar-refractivity contribution in [2.75, 3.05) is 6.61 Å². The van der Waals surface area contributed by atoms with Gasteiger partial charge in [-0.1, -0.05) is 51.6 Å². The highest BCUT2D eigenvalue weighted by Gasteiger charge is 2.24. The van der Waals surface area contributed by atoms with Gasteiger partial charge in [0.05, 0.1) is 0 Å². The molecule has 0 heterocycles. The number of carboxylic acid groups (broad SMARTS) is 1. The minimum absolute atomic E-state index is 0.0444. The van der Waals surface area contributed by atoms with Gasteiger partial charge in [-0.25, -0.2) is 9.18 Å². The predicted molar refractivity (Wildman–Crippen MR) is 127 cm³/mol. The number of ether oxygens (including phenoxy) is 2. The van der Waals surface area contributed by atoms with Gasteiger partial charge in [-0.05, 0) is 42.7 Å². The van der Waals surface area contributed by atoms with Crippen LogP contribution in [-0.2, 0) is 16.0 Å². The Morgan fingerprint density at radius 1 is 1.09 bits per heavy atom. The van der Waals surface area contributed by atoms with Gasteiger partial charge < -0.3 is 14.6 Å². The summed E-state index contributed by atoms with van der Waals surface area (Å²) >= 11 is 0. The van der Waals surface area contributed by atoms with Crippen molar-refractivity contribution in [3.63, 3.8) is 0 Å². The molecule has 0 aliphatic carbocycles. The van der Waals surface area contributed by atoms with Gasteiger partial charge in [-0.15, -0.1) is 0 Å². The number of alkyl halides is 2. The fourth-order valence-electron chi connectivity index (χ4n) is 3.57. The Labute approximate surface area is 202 Å². The lowest BCUT2D eigenvalue weighted by atomic mass is 9.86. The van der Waals surface area contributed by atoms with Crippen LogP contribution < -0.4 is 4.74 Å². The molecule has 0 radical (unpaired) electrons. The van der Waals surface area contributed by atoms with Crippen molar-refractivity contribution >= 4 is 17.3 Å². The van der Waals surface area contributed by atoms with Crippen molar-refractivity contribution < 1.29 is 37.3 Å². The molecular weight excluding hydrogens is 461 g/mol. The second kappa shape index (κ2) is 11.3. The lowest BCUT2D eigenvalue weighted by molar-refractivity contribution is -0.139. The molecule has 0 spiro atoms. The second-order valence-corrected chi connectivity index (χ2v) is 9.09. The molecule has 5 nitrogen and oxygen atoms in total. The van der Waals surface area contributed by atoms with Gasteiger partial charge in [0.2, 0.25) is 0 Å². The van der Waals surface area contributed by atoms with Gasteiger partial charge in [0, 0.05) is 28.5 Å².